The average Bonchev–Trinajstić information content (AvgIpc) is 3.24. The minimum absolute atomic E-state index is 0.0806. The molecule has 0 saturated carbocycles. The molecule has 1 atom stereocenters. The molecule has 28 heavy (non-hydrogen) atoms. The summed E-state index contributed by atoms with van der Waals surface area (Å²) in [7, 11) is 0. The third kappa shape index (κ3) is 4.16. The Morgan fingerprint density at radius 1 is 1.07 bits per heavy atom. The lowest BCUT2D eigenvalue weighted by molar-refractivity contribution is 0.303. The summed E-state index contributed by atoms with van der Waals surface area (Å²) in [6, 6.07) is 26.0. The zero-order valence-electron chi connectivity index (χ0n) is 14.8. The van der Waals surface area contributed by atoms with Crippen LogP contribution in [0.25, 0.3) is 0 Å². The summed E-state index contributed by atoms with van der Waals surface area (Å²) in [5, 5.41) is 14.8. The van der Waals surface area contributed by atoms with E-state index in [-0.39, 0.29) is 5.37 Å². The normalized spacial score (nSPS) is 15.4. The standard InChI is InChI=1S/C22H16IN3OS/c23-19-12-16(22-26-25-21(28-22)15-6-2-1-3-7-15)10-11-20(19)27-14-18-9-5-4-8-17(18)13-24/h1-12,22,26H,14H2. The van der Waals surface area contributed by atoms with Gasteiger partial charge in [0.1, 0.15) is 22.8 Å². The first-order chi connectivity index (χ1) is 13.7. The van der Waals surface area contributed by atoms with Gasteiger partial charge in [-0.05, 0) is 46.4 Å². The first kappa shape index (κ1) is 18.8. The van der Waals surface area contributed by atoms with Gasteiger partial charge in [0, 0.05) is 11.1 Å². The number of nitriles is 1. The summed E-state index contributed by atoms with van der Waals surface area (Å²) >= 11 is 3.99. The van der Waals surface area contributed by atoms with Crippen molar-refractivity contribution in [3.63, 3.8) is 0 Å². The third-order valence-electron chi connectivity index (χ3n) is 4.31. The van der Waals surface area contributed by atoms with Gasteiger partial charge in [-0.1, -0.05) is 66.4 Å². The molecule has 6 heteroatoms. The van der Waals surface area contributed by atoms with Crippen LogP contribution in [0.1, 0.15) is 27.6 Å². The first-order valence-corrected chi connectivity index (χ1v) is 10.7. The van der Waals surface area contributed by atoms with Crippen molar-refractivity contribution in [1.82, 2.24) is 5.43 Å². The van der Waals surface area contributed by atoms with Crippen molar-refractivity contribution >= 4 is 39.4 Å². The van der Waals surface area contributed by atoms with Gasteiger partial charge in [0.2, 0.25) is 0 Å². The third-order valence-corrected chi connectivity index (χ3v) is 6.32. The quantitative estimate of drug-likeness (QED) is 0.478. The summed E-state index contributed by atoms with van der Waals surface area (Å²) in [5.74, 6) is 0.810. The van der Waals surface area contributed by atoms with Crippen LogP contribution in [-0.2, 0) is 6.61 Å². The number of nitrogens with zero attached hydrogens (tertiary/aromatic N) is 2. The SMILES string of the molecule is N#Cc1ccccc1COc1ccc(C2NN=C(c3ccccc3)S2)cc1I. The monoisotopic (exact) mass is 497 g/mol. The van der Waals surface area contributed by atoms with Gasteiger partial charge in [0.15, 0.2) is 0 Å². The van der Waals surface area contributed by atoms with Crippen molar-refractivity contribution < 1.29 is 4.74 Å². The van der Waals surface area contributed by atoms with Crippen LogP contribution in [0.3, 0.4) is 0 Å². The second kappa shape index (κ2) is 8.67. The Balaban J connectivity index is 1.43. The van der Waals surface area contributed by atoms with Gasteiger partial charge in [-0.3, -0.25) is 5.43 Å². The Morgan fingerprint density at radius 3 is 2.64 bits per heavy atom. The highest BCUT2D eigenvalue weighted by molar-refractivity contribution is 14.1. The van der Waals surface area contributed by atoms with Crippen LogP contribution >= 0.6 is 34.4 Å². The molecule has 0 amide bonds. The molecule has 1 aliphatic rings. The Kier molecular flexibility index (Phi) is 5.84. The summed E-state index contributed by atoms with van der Waals surface area (Å²) in [6.07, 6.45) is 0. The van der Waals surface area contributed by atoms with Crippen LogP contribution in [0.2, 0.25) is 0 Å². The summed E-state index contributed by atoms with van der Waals surface area (Å²) in [5.41, 5.74) is 7.01. The number of benzene rings is 3. The van der Waals surface area contributed by atoms with Crippen molar-refractivity contribution in [1.29, 1.82) is 5.26 Å². The fourth-order valence-electron chi connectivity index (χ4n) is 2.85. The van der Waals surface area contributed by atoms with Crippen LogP contribution in [0.4, 0.5) is 0 Å². The van der Waals surface area contributed by atoms with Crippen molar-refractivity contribution in [2.24, 2.45) is 5.10 Å². The van der Waals surface area contributed by atoms with Crippen LogP contribution in [-0.4, -0.2) is 5.04 Å². The molecule has 1 heterocycles. The zero-order chi connectivity index (χ0) is 19.3. The van der Waals surface area contributed by atoms with E-state index >= 15 is 0 Å². The number of hydrogen-bond acceptors (Lipinski definition) is 5. The van der Waals surface area contributed by atoms with E-state index in [4.69, 9.17) is 4.74 Å². The van der Waals surface area contributed by atoms with Crippen molar-refractivity contribution in [2.45, 2.75) is 12.0 Å². The summed E-state index contributed by atoms with van der Waals surface area (Å²) in [4.78, 5) is 0. The minimum Gasteiger partial charge on any atom is -0.488 e. The van der Waals surface area contributed by atoms with E-state index in [9.17, 15) is 5.26 Å². The average molecular weight is 497 g/mol. The van der Waals surface area contributed by atoms with E-state index in [1.54, 1.807) is 17.8 Å². The van der Waals surface area contributed by atoms with E-state index in [2.05, 4.69) is 63.5 Å². The fourth-order valence-corrected chi connectivity index (χ4v) is 4.53. The molecular weight excluding hydrogens is 481 g/mol. The molecule has 0 fully saturated rings. The largest absolute Gasteiger partial charge is 0.488 e. The number of hydrazone groups is 1. The van der Waals surface area contributed by atoms with Gasteiger partial charge in [0.05, 0.1) is 15.2 Å². The Bertz CT molecular complexity index is 1060. The van der Waals surface area contributed by atoms with Crippen molar-refractivity contribution in [2.75, 3.05) is 0 Å². The van der Waals surface area contributed by atoms with E-state index < -0.39 is 0 Å². The maximum atomic E-state index is 9.20. The van der Waals surface area contributed by atoms with Crippen LogP contribution in [0.5, 0.6) is 5.75 Å². The summed E-state index contributed by atoms with van der Waals surface area (Å²) < 4.78 is 6.99. The molecule has 0 aromatic heterocycles. The van der Waals surface area contributed by atoms with Gasteiger partial charge in [-0.2, -0.15) is 10.4 Å². The van der Waals surface area contributed by atoms with Gasteiger partial charge in [-0.15, -0.1) is 0 Å². The second-order valence-corrected chi connectivity index (χ2v) is 8.41. The molecule has 3 aromatic carbocycles. The molecule has 3 aromatic rings. The molecule has 0 saturated heterocycles. The molecule has 4 rings (SSSR count). The van der Waals surface area contributed by atoms with Crippen LogP contribution in [0.15, 0.2) is 77.9 Å². The highest BCUT2D eigenvalue weighted by Crippen LogP contribution is 2.36. The smallest absolute Gasteiger partial charge is 0.133 e. The van der Waals surface area contributed by atoms with Gasteiger partial charge < -0.3 is 4.74 Å². The first-order valence-electron chi connectivity index (χ1n) is 8.70. The Morgan fingerprint density at radius 2 is 1.86 bits per heavy atom. The van der Waals surface area contributed by atoms with Crippen LogP contribution in [0, 0.1) is 14.9 Å². The maximum absolute atomic E-state index is 9.20. The van der Waals surface area contributed by atoms with Crippen LogP contribution < -0.4 is 10.2 Å². The molecule has 0 bridgehead atoms. The lowest BCUT2D eigenvalue weighted by Gasteiger charge is -2.13. The van der Waals surface area contributed by atoms with E-state index in [1.807, 2.05) is 42.5 Å². The van der Waals surface area contributed by atoms with E-state index in [0.29, 0.717) is 12.2 Å². The minimum atomic E-state index is 0.0806. The lowest BCUT2D eigenvalue weighted by Crippen LogP contribution is -2.07. The number of rotatable bonds is 5. The van der Waals surface area contributed by atoms with Crippen molar-refractivity contribution in [3.8, 4) is 11.8 Å². The van der Waals surface area contributed by atoms with Gasteiger partial charge in [-0.25, -0.2) is 0 Å². The molecule has 4 nitrogen and oxygen atoms in total. The number of nitrogens with one attached hydrogen (secondary N) is 1. The van der Waals surface area contributed by atoms with Crippen molar-refractivity contribution in [3.05, 3.63) is 98.6 Å². The fraction of sp³-hybridized carbons (Fsp3) is 0.0909. The number of thioether (sulfide) groups is 1. The van der Waals surface area contributed by atoms with Gasteiger partial charge in [0.25, 0.3) is 0 Å². The Labute approximate surface area is 181 Å². The molecule has 1 unspecified atom stereocenters. The topological polar surface area (TPSA) is 57.4 Å². The molecule has 1 aliphatic heterocycles. The lowest BCUT2D eigenvalue weighted by atomic mass is 10.1. The molecular formula is C22H16IN3OS. The van der Waals surface area contributed by atoms with E-state index in [1.165, 1.54) is 0 Å². The molecule has 0 spiro atoms. The number of ether oxygens (including phenoxy) is 1. The predicted octanol–water partition coefficient (Wildman–Crippen LogP) is 5.44. The molecule has 138 valence electrons. The molecule has 0 radical (unpaired) electrons. The highest BCUT2D eigenvalue weighted by atomic mass is 127. The number of hydrogen-bond donors (Lipinski definition) is 1. The highest BCUT2D eigenvalue weighted by Gasteiger charge is 2.22. The maximum Gasteiger partial charge on any atom is 0.133 e. The summed E-state index contributed by atoms with van der Waals surface area (Å²) in [6.45, 7) is 0.372. The van der Waals surface area contributed by atoms with Gasteiger partial charge >= 0.3 is 0 Å². The second-order valence-electron chi connectivity index (χ2n) is 6.16. The zero-order valence-corrected chi connectivity index (χ0v) is 17.8. The Hall–Kier alpha value is -2.50. The predicted molar refractivity (Wildman–Crippen MR) is 121 cm³/mol. The molecule has 0 aliphatic carbocycles. The molecule has 1 N–H and O–H groups in total. The number of halogens is 1. The van der Waals surface area contributed by atoms with E-state index in [0.717, 1.165) is 31.1 Å².